The fourth-order valence-corrected chi connectivity index (χ4v) is 5.53. The number of hydrogen-bond donors (Lipinski definition) is 2. The average molecular weight is 289 g/mol. The van der Waals surface area contributed by atoms with E-state index in [9.17, 15) is 13.2 Å². The minimum absolute atomic E-state index is 0.167. The first-order chi connectivity index (χ1) is 8.95. The third-order valence-corrected chi connectivity index (χ3v) is 6.71. The fraction of sp³-hybridized carbons (Fsp3) is 0.917. The van der Waals surface area contributed by atoms with Crippen LogP contribution in [0.25, 0.3) is 0 Å². The van der Waals surface area contributed by atoms with E-state index in [0.717, 1.165) is 12.8 Å². The van der Waals surface area contributed by atoms with Gasteiger partial charge in [-0.3, -0.25) is 0 Å². The molecule has 19 heavy (non-hydrogen) atoms. The number of nitrogens with zero attached hydrogens (tertiary/aromatic N) is 1. The Bertz CT molecular complexity index is 451. The first kappa shape index (κ1) is 14.6. The molecule has 2 aliphatic rings. The topological polar surface area (TPSA) is 92.5 Å². The van der Waals surface area contributed by atoms with Gasteiger partial charge in [0.15, 0.2) is 9.84 Å². The van der Waals surface area contributed by atoms with Gasteiger partial charge < -0.3 is 16.0 Å². The van der Waals surface area contributed by atoms with E-state index in [1.807, 2.05) is 6.92 Å². The molecule has 0 aromatic heterocycles. The molecule has 2 rings (SSSR count). The summed E-state index contributed by atoms with van der Waals surface area (Å²) in [6, 6.07) is -0.167. The van der Waals surface area contributed by atoms with E-state index in [2.05, 4.69) is 5.32 Å². The van der Waals surface area contributed by atoms with Crippen LogP contribution in [0, 0.1) is 5.41 Å². The van der Waals surface area contributed by atoms with Crippen LogP contribution >= 0.6 is 0 Å². The van der Waals surface area contributed by atoms with E-state index < -0.39 is 20.5 Å². The predicted octanol–water partition coefficient (Wildman–Crippen LogP) is -0.0561. The third kappa shape index (κ3) is 2.58. The van der Waals surface area contributed by atoms with Crippen molar-refractivity contribution in [2.45, 2.75) is 31.4 Å². The lowest BCUT2D eigenvalue weighted by molar-refractivity contribution is 0.197. The van der Waals surface area contributed by atoms with Crippen LogP contribution in [0.5, 0.6) is 0 Å². The molecule has 6 nitrogen and oxygen atoms in total. The Morgan fingerprint density at radius 3 is 2.84 bits per heavy atom. The van der Waals surface area contributed by atoms with E-state index in [-0.39, 0.29) is 18.3 Å². The highest BCUT2D eigenvalue weighted by Gasteiger charge is 2.54. The highest BCUT2D eigenvalue weighted by Crippen LogP contribution is 2.42. The van der Waals surface area contributed by atoms with Gasteiger partial charge in [-0.1, -0.05) is 6.92 Å². The van der Waals surface area contributed by atoms with Gasteiger partial charge in [0.25, 0.3) is 0 Å². The number of fused-ring (bicyclic) bond motifs is 1. The third-order valence-electron chi connectivity index (χ3n) is 4.33. The Balaban J connectivity index is 2.16. The second-order valence-electron chi connectivity index (χ2n) is 5.64. The van der Waals surface area contributed by atoms with Gasteiger partial charge in [-0.05, 0) is 19.3 Å². The maximum Gasteiger partial charge on any atom is 0.317 e. The summed E-state index contributed by atoms with van der Waals surface area (Å²) >= 11 is 0. The zero-order chi connectivity index (χ0) is 14.1. The van der Waals surface area contributed by atoms with Crippen molar-refractivity contribution in [2.75, 3.05) is 31.9 Å². The van der Waals surface area contributed by atoms with Crippen molar-refractivity contribution in [3.63, 3.8) is 0 Å². The van der Waals surface area contributed by atoms with Crippen LogP contribution in [0.1, 0.15) is 26.2 Å². The van der Waals surface area contributed by atoms with Crippen LogP contribution in [0.15, 0.2) is 0 Å². The zero-order valence-corrected chi connectivity index (χ0v) is 12.2. The molecule has 2 unspecified atom stereocenters. The molecule has 2 aliphatic heterocycles. The number of urea groups is 1. The summed E-state index contributed by atoms with van der Waals surface area (Å²) < 4.78 is 24.4. The SMILES string of the molecule is CCCNC(=O)N1CC2C(CN)(CCCS2(=O)=O)C1. The summed E-state index contributed by atoms with van der Waals surface area (Å²) in [6.45, 7) is 3.67. The number of nitrogens with one attached hydrogen (secondary N) is 1. The molecule has 0 aromatic rings. The number of rotatable bonds is 3. The monoisotopic (exact) mass is 289 g/mol. The van der Waals surface area contributed by atoms with E-state index in [1.54, 1.807) is 4.90 Å². The van der Waals surface area contributed by atoms with Gasteiger partial charge in [0.1, 0.15) is 0 Å². The van der Waals surface area contributed by atoms with Crippen molar-refractivity contribution in [3.05, 3.63) is 0 Å². The van der Waals surface area contributed by atoms with Crippen LogP contribution in [0.4, 0.5) is 4.79 Å². The van der Waals surface area contributed by atoms with Gasteiger partial charge in [-0.2, -0.15) is 0 Å². The van der Waals surface area contributed by atoms with E-state index in [0.29, 0.717) is 26.1 Å². The molecule has 0 saturated carbocycles. The summed E-state index contributed by atoms with van der Waals surface area (Å²) in [5.41, 5.74) is 5.41. The number of carbonyl (C=O) groups is 1. The number of sulfone groups is 1. The molecule has 0 radical (unpaired) electrons. The molecule has 3 N–H and O–H groups in total. The Hall–Kier alpha value is -0.820. The van der Waals surface area contributed by atoms with Crippen molar-refractivity contribution < 1.29 is 13.2 Å². The molecule has 7 heteroatoms. The van der Waals surface area contributed by atoms with Crippen molar-refractivity contribution in [2.24, 2.45) is 11.1 Å². The molecule has 0 aromatic carbocycles. The average Bonchev–Trinajstić information content (AvgIpc) is 2.77. The van der Waals surface area contributed by atoms with Crippen LogP contribution < -0.4 is 11.1 Å². The van der Waals surface area contributed by atoms with E-state index >= 15 is 0 Å². The molecule has 2 atom stereocenters. The quantitative estimate of drug-likeness (QED) is 0.761. The highest BCUT2D eigenvalue weighted by atomic mass is 32.2. The number of likely N-dealkylation sites (tertiary alicyclic amines) is 1. The molecule has 2 fully saturated rings. The van der Waals surface area contributed by atoms with Crippen LogP contribution in [0.2, 0.25) is 0 Å². The molecule has 2 heterocycles. The first-order valence-electron chi connectivity index (χ1n) is 6.89. The van der Waals surface area contributed by atoms with Gasteiger partial charge in [-0.25, -0.2) is 13.2 Å². The largest absolute Gasteiger partial charge is 0.338 e. The Morgan fingerprint density at radius 2 is 2.26 bits per heavy atom. The zero-order valence-electron chi connectivity index (χ0n) is 11.4. The normalized spacial score (nSPS) is 32.9. The lowest BCUT2D eigenvalue weighted by Gasteiger charge is -2.36. The van der Waals surface area contributed by atoms with Gasteiger partial charge in [0, 0.05) is 31.6 Å². The summed E-state index contributed by atoms with van der Waals surface area (Å²) in [6.07, 6.45) is 2.31. The van der Waals surface area contributed by atoms with Crippen molar-refractivity contribution in [3.8, 4) is 0 Å². The summed E-state index contributed by atoms with van der Waals surface area (Å²) in [5.74, 6) is 0.226. The lowest BCUT2D eigenvalue weighted by atomic mass is 9.82. The van der Waals surface area contributed by atoms with E-state index in [4.69, 9.17) is 5.73 Å². The van der Waals surface area contributed by atoms with E-state index in [1.165, 1.54) is 0 Å². The van der Waals surface area contributed by atoms with Crippen LogP contribution in [-0.4, -0.2) is 56.5 Å². The van der Waals surface area contributed by atoms with Gasteiger partial charge in [-0.15, -0.1) is 0 Å². The summed E-state index contributed by atoms with van der Waals surface area (Å²) in [5, 5.41) is 2.32. The Kier molecular flexibility index (Phi) is 4.06. The van der Waals surface area contributed by atoms with Crippen LogP contribution in [-0.2, 0) is 9.84 Å². The molecular formula is C12H23N3O3S. The number of amides is 2. The van der Waals surface area contributed by atoms with Crippen LogP contribution in [0.3, 0.4) is 0 Å². The van der Waals surface area contributed by atoms with Gasteiger partial charge in [0.2, 0.25) is 0 Å². The Morgan fingerprint density at radius 1 is 1.53 bits per heavy atom. The Labute approximate surface area is 114 Å². The fourth-order valence-electron chi connectivity index (χ4n) is 3.24. The minimum atomic E-state index is -3.12. The van der Waals surface area contributed by atoms with Crippen molar-refractivity contribution in [1.82, 2.24) is 10.2 Å². The maximum absolute atomic E-state index is 12.2. The number of carbonyl (C=O) groups excluding carboxylic acids is 1. The molecule has 110 valence electrons. The molecule has 0 bridgehead atoms. The van der Waals surface area contributed by atoms with Crippen molar-refractivity contribution >= 4 is 15.9 Å². The minimum Gasteiger partial charge on any atom is -0.338 e. The molecule has 0 spiro atoms. The first-order valence-corrected chi connectivity index (χ1v) is 8.61. The number of hydrogen-bond acceptors (Lipinski definition) is 4. The predicted molar refractivity (Wildman–Crippen MR) is 73.6 cm³/mol. The van der Waals surface area contributed by atoms with Gasteiger partial charge >= 0.3 is 6.03 Å². The number of nitrogens with two attached hydrogens (primary N) is 1. The van der Waals surface area contributed by atoms with Crippen molar-refractivity contribution in [1.29, 1.82) is 0 Å². The van der Waals surface area contributed by atoms with Gasteiger partial charge in [0.05, 0.1) is 11.0 Å². The molecule has 2 saturated heterocycles. The summed E-state index contributed by atoms with van der Waals surface area (Å²) in [4.78, 5) is 13.6. The second-order valence-corrected chi connectivity index (χ2v) is 7.94. The molecular weight excluding hydrogens is 266 g/mol. The second kappa shape index (κ2) is 5.28. The lowest BCUT2D eigenvalue weighted by Crippen LogP contribution is -2.49. The maximum atomic E-state index is 12.2. The highest BCUT2D eigenvalue weighted by molar-refractivity contribution is 7.92. The smallest absolute Gasteiger partial charge is 0.317 e. The molecule has 0 aliphatic carbocycles. The standard InChI is InChI=1S/C12H23N3O3S/c1-2-5-14-11(16)15-7-10-12(8-13,9-15)4-3-6-19(10,17)18/h10H,2-9,13H2,1H3,(H,14,16). The molecule has 2 amide bonds. The summed E-state index contributed by atoms with van der Waals surface area (Å²) in [7, 11) is -3.12.